The summed E-state index contributed by atoms with van der Waals surface area (Å²) in [5.74, 6) is -0.686. The predicted molar refractivity (Wildman–Crippen MR) is 99.2 cm³/mol. The molecule has 4 nitrogen and oxygen atoms in total. The SMILES string of the molecule is C[C@H]1CN(C(=O)COc2ccccc2F)C(=Nc2ccc(Cl)cc2)S1. The number of benzene rings is 2. The van der Waals surface area contributed by atoms with Gasteiger partial charge in [-0.25, -0.2) is 9.38 Å². The first-order valence-corrected chi connectivity index (χ1v) is 8.97. The number of hydrogen-bond acceptors (Lipinski definition) is 4. The molecule has 0 saturated carbocycles. The van der Waals surface area contributed by atoms with Crippen molar-refractivity contribution in [2.24, 2.45) is 4.99 Å². The molecule has 0 radical (unpaired) electrons. The molecule has 1 fully saturated rings. The highest BCUT2D eigenvalue weighted by Gasteiger charge is 2.31. The lowest BCUT2D eigenvalue weighted by Gasteiger charge is -2.16. The van der Waals surface area contributed by atoms with E-state index in [4.69, 9.17) is 16.3 Å². The average Bonchev–Trinajstić information content (AvgIpc) is 2.96. The second-order valence-electron chi connectivity index (χ2n) is 5.52. The number of para-hydroxylation sites is 1. The molecule has 0 aliphatic carbocycles. The van der Waals surface area contributed by atoms with Crippen LogP contribution >= 0.6 is 23.4 Å². The molecule has 0 unspecified atom stereocenters. The molecule has 130 valence electrons. The maximum atomic E-state index is 13.6. The Morgan fingerprint density at radius 2 is 2.04 bits per heavy atom. The lowest BCUT2D eigenvalue weighted by atomic mass is 10.3. The zero-order valence-corrected chi connectivity index (χ0v) is 15.1. The van der Waals surface area contributed by atoms with E-state index in [2.05, 4.69) is 4.99 Å². The highest BCUT2D eigenvalue weighted by Crippen LogP contribution is 2.29. The molecule has 1 aliphatic heterocycles. The molecular formula is C18H16ClFN2O2S. The van der Waals surface area contributed by atoms with Gasteiger partial charge in [-0.3, -0.25) is 9.69 Å². The highest BCUT2D eigenvalue weighted by molar-refractivity contribution is 8.14. The van der Waals surface area contributed by atoms with E-state index in [-0.39, 0.29) is 23.5 Å². The molecule has 2 aromatic carbocycles. The summed E-state index contributed by atoms with van der Waals surface area (Å²) in [6, 6.07) is 13.1. The zero-order chi connectivity index (χ0) is 17.8. The van der Waals surface area contributed by atoms with Crippen LogP contribution in [0.4, 0.5) is 10.1 Å². The molecule has 1 atom stereocenters. The fourth-order valence-electron chi connectivity index (χ4n) is 2.32. The fraction of sp³-hybridized carbons (Fsp3) is 0.222. The van der Waals surface area contributed by atoms with Crippen LogP contribution in [0.15, 0.2) is 53.5 Å². The molecule has 1 saturated heterocycles. The van der Waals surface area contributed by atoms with E-state index in [9.17, 15) is 9.18 Å². The van der Waals surface area contributed by atoms with Crippen LogP contribution in [0.2, 0.25) is 5.02 Å². The first kappa shape index (κ1) is 17.8. The molecule has 25 heavy (non-hydrogen) atoms. The lowest BCUT2D eigenvalue weighted by Crippen LogP contribution is -2.36. The van der Waals surface area contributed by atoms with Crippen LogP contribution in [0.3, 0.4) is 0 Å². The van der Waals surface area contributed by atoms with Gasteiger partial charge < -0.3 is 4.74 Å². The van der Waals surface area contributed by atoms with Gasteiger partial charge in [0, 0.05) is 16.8 Å². The van der Waals surface area contributed by atoms with Crippen molar-refractivity contribution in [3.8, 4) is 5.75 Å². The molecule has 3 rings (SSSR count). The van der Waals surface area contributed by atoms with E-state index >= 15 is 0 Å². The molecule has 0 spiro atoms. The van der Waals surface area contributed by atoms with Gasteiger partial charge in [-0.15, -0.1) is 0 Å². The van der Waals surface area contributed by atoms with Gasteiger partial charge >= 0.3 is 0 Å². The minimum Gasteiger partial charge on any atom is -0.481 e. The average molecular weight is 379 g/mol. The summed E-state index contributed by atoms with van der Waals surface area (Å²) in [7, 11) is 0. The number of amides is 1. The van der Waals surface area contributed by atoms with E-state index in [1.54, 1.807) is 41.3 Å². The van der Waals surface area contributed by atoms with Crippen LogP contribution in [0.5, 0.6) is 5.75 Å². The molecule has 0 bridgehead atoms. The van der Waals surface area contributed by atoms with E-state index in [0.29, 0.717) is 22.4 Å². The first-order valence-electron chi connectivity index (χ1n) is 7.71. The van der Waals surface area contributed by atoms with Crippen molar-refractivity contribution in [3.63, 3.8) is 0 Å². The van der Waals surface area contributed by atoms with Gasteiger partial charge in [0.1, 0.15) is 0 Å². The van der Waals surface area contributed by atoms with E-state index in [1.165, 1.54) is 23.9 Å². The Kier molecular flexibility index (Phi) is 5.60. The topological polar surface area (TPSA) is 41.9 Å². The lowest BCUT2D eigenvalue weighted by molar-refractivity contribution is -0.129. The number of nitrogens with zero attached hydrogens (tertiary/aromatic N) is 2. The molecule has 1 amide bonds. The molecule has 1 heterocycles. The maximum absolute atomic E-state index is 13.6. The Bertz CT molecular complexity index is 798. The summed E-state index contributed by atoms with van der Waals surface area (Å²) in [5.41, 5.74) is 0.717. The van der Waals surface area contributed by atoms with Gasteiger partial charge in [0.2, 0.25) is 0 Å². The molecule has 2 aromatic rings. The number of hydrogen-bond donors (Lipinski definition) is 0. The summed E-state index contributed by atoms with van der Waals surface area (Å²) < 4.78 is 18.9. The van der Waals surface area contributed by atoms with E-state index in [1.807, 2.05) is 6.92 Å². The van der Waals surface area contributed by atoms with Crippen molar-refractivity contribution in [1.29, 1.82) is 0 Å². The Balaban J connectivity index is 1.71. The number of ether oxygens (including phenoxy) is 1. The largest absolute Gasteiger partial charge is 0.481 e. The second-order valence-corrected chi connectivity index (χ2v) is 7.36. The zero-order valence-electron chi connectivity index (χ0n) is 13.5. The number of aliphatic imine (C=N–C) groups is 1. The molecule has 0 aromatic heterocycles. The third-order valence-electron chi connectivity index (χ3n) is 3.52. The second kappa shape index (κ2) is 7.89. The molecular weight excluding hydrogens is 363 g/mol. The van der Waals surface area contributed by atoms with Crippen molar-refractivity contribution in [1.82, 2.24) is 4.90 Å². The van der Waals surface area contributed by atoms with E-state index in [0.717, 1.165) is 0 Å². The number of amidine groups is 1. The van der Waals surface area contributed by atoms with Gasteiger partial charge in [0.15, 0.2) is 23.3 Å². The van der Waals surface area contributed by atoms with Gasteiger partial charge in [-0.05, 0) is 36.4 Å². The monoisotopic (exact) mass is 378 g/mol. The minimum atomic E-state index is -0.491. The fourth-order valence-corrected chi connectivity index (χ4v) is 3.49. The smallest absolute Gasteiger partial charge is 0.266 e. The van der Waals surface area contributed by atoms with Crippen LogP contribution in [0.1, 0.15) is 6.92 Å². The Morgan fingerprint density at radius 3 is 2.76 bits per heavy atom. The highest BCUT2D eigenvalue weighted by atomic mass is 35.5. The van der Waals surface area contributed by atoms with Crippen molar-refractivity contribution in [3.05, 3.63) is 59.4 Å². The molecule has 7 heteroatoms. The van der Waals surface area contributed by atoms with Gasteiger partial charge in [0.25, 0.3) is 5.91 Å². The van der Waals surface area contributed by atoms with Crippen LogP contribution in [-0.2, 0) is 4.79 Å². The van der Waals surface area contributed by atoms with Crippen molar-refractivity contribution in [2.75, 3.05) is 13.2 Å². The number of rotatable bonds is 4. The summed E-state index contributed by atoms with van der Waals surface area (Å²) in [6.07, 6.45) is 0. The third-order valence-corrected chi connectivity index (χ3v) is 4.84. The third kappa shape index (κ3) is 4.52. The van der Waals surface area contributed by atoms with Crippen LogP contribution in [0.25, 0.3) is 0 Å². The standard InChI is InChI=1S/C18H16ClFN2O2S/c1-12-10-22(17(23)11-24-16-5-3-2-4-15(16)20)18(25-12)21-14-8-6-13(19)7-9-14/h2-9,12H,10-11H2,1H3/t12-/m0/s1. The Labute approximate surface area is 154 Å². The van der Waals surface area contributed by atoms with Crippen molar-refractivity contribution in [2.45, 2.75) is 12.2 Å². The minimum absolute atomic E-state index is 0.0620. The first-order chi connectivity index (χ1) is 12.0. The number of halogens is 2. The van der Waals surface area contributed by atoms with Crippen LogP contribution in [-0.4, -0.2) is 34.4 Å². The van der Waals surface area contributed by atoms with Crippen LogP contribution < -0.4 is 4.74 Å². The quantitative estimate of drug-likeness (QED) is 0.786. The normalized spacial score (nSPS) is 18.6. The van der Waals surface area contributed by atoms with Crippen molar-refractivity contribution < 1.29 is 13.9 Å². The summed E-state index contributed by atoms with van der Waals surface area (Å²) in [4.78, 5) is 18.6. The molecule has 1 aliphatic rings. The summed E-state index contributed by atoms with van der Waals surface area (Å²) in [6.45, 7) is 2.32. The summed E-state index contributed by atoms with van der Waals surface area (Å²) >= 11 is 7.40. The van der Waals surface area contributed by atoms with Gasteiger partial charge in [-0.2, -0.15) is 0 Å². The van der Waals surface area contributed by atoms with Gasteiger partial charge in [-0.1, -0.05) is 42.4 Å². The van der Waals surface area contributed by atoms with Gasteiger partial charge in [0.05, 0.1) is 5.69 Å². The predicted octanol–water partition coefficient (Wildman–Crippen LogP) is 4.51. The van der Waals surface area contributed by atoms with E-state index < -0.39 is 5.82 Å². The number of thioether (sulfide) groups is 1. The Morgan fingerprint density at radius 1 is 1.32 bits per heavy atom. The Hall–Kier alpha value is -2.05. The number of carbonyl (C=O) groups excluding carboxylic acids is 1. The summed E-state index contributed by atoms with van der Waals surface area (Å²) in [5, 5.41) is 1.46. The maximum Gasteiger partial charge on any atom is 0.266 e. The number of carbonyl (C=O) groups is 1. The van der Waals surface area contributed by atoms with Crippen LogP contribution in [0, 0.1) is 5.82 Å². The van der Waals surface area contributed by atoms with Crippen molar-refractivity contribution >= 4 is 40.1 Å². The molecule has 0 N–H and O–H groups in total.